The second kappa shape index (κ2) is 5.46. The Kier molecular flexibility index (Phi) is 4.69. The summed E-state index contributed by atoms with van der Waals surface area (Å²) in [5.41, 5.74) is -0.0329. The van der Waals surface area contributed by atoms with E-state index in [9.17, 15) is 13.3 Å². The molecule has 0 fully saturated rings. The highest BCUT2D eigenvalue weighted by molar-refractivity contribution is 9.10. The summed E-state index contributed by atoms with van der Waals surface area (Å²) in [5.74, 6) is -1.97. The molecule has 0 aliphatic heterocycles. The molecule has 0 bridgehead atoms. The van der Waals surface area contributed by atoms with Crippen LogP contribution in [0.1, 0.15) is 26.3 Å². The van der Waals surface area contributed by atoms with Crippen LogP contribution in [0.5, 0.6) is 0 Å². The predicted octanol–water partition coefficient (Wildman–Crippen LogP) is 3.61. The van der Waals surface area contributed by atoms with E-state index in [2.05, 4.69) is 20.3 Å². The van der Waals surface area contributed by atoms with Crippen LogP contribution >= 0.6 is 15.9 Å². The van der Waals surface area contributed by atoms with E-state index in [1.807, 2.05) is 0 Å². The Morgan fingerprint density at radius 3 is 2.47 bits per heavy atom. The van der Waals surface area contributed by atoms with E-state index in [0.717, 1.165) is 12.3 Å². The van der Waals surface area contributed by atoms with Crippen molar-refractivity contribution in [1.29, 1.82) is 0 Å². The molecule has 1 aromatic rings. The van der Waals surface area contributed by atoms with Gasteiger partial charge in [-0.1, -0.05) is 20.3 Å². The average molecular weight is 324 g/mol. The summed E-state index contributed by atoms with van der Waals surface area (Å²) in [6, 6.07) is 2.40. The minimum Gasteiger partial charge on any atom is -0.591 e. The van der Waals surface area contributed by atoms with Crippen LogP contribution in [-0.4, -0.2) is 15.5 Å². The molecule has 6 heteroatoms. The third kappa shape index (κ3) is 4.04. The van der Waals surface area contributed by atoms with E-state index in [-0.39, 0.29) is 5.56 Å². The summed E-state index contributed by atoms with van der Waals surface area (Å²) in [5, 5.41) is 0. The van der Waals surface area contributed by atoms with Gasteiger partial charge in [0.2, 0.25) is 0 Å². The van der Waals surface area contributed by atoms with Gasteiger partial charge < -0.3 is 4.55 Å². The van der Waals surface area contributed by atoms with E-state index < -0.39 is 27.7 Å². The molecule has 0 amide bonds. The van der Waals surface area contributed by atoms with E-state index in [1.165, 1.54) is 6.07 Å². The predicted molar refractivity (Wildman–Crippen MR) is 69.5 cm³/mol. The normalized spacial score (nSPS) is 14.3. The van der Waals surface area contributed by atoms with Crippen molar-refractivity contribution in [2.75, 3.05) is 0 Å². The van der Waals surface area contributed by atoms with Crippen molar-refractivity contribution < 1.29 is 13.3 Å². The van der Waals surface area contributed by atoms with Gasteiger partial charge in [0.15, 0.2) is 11.6 Å². The first-order valence-corrected chi connectivity index (χ1v) is 6.72. The van der Waals surface area contributed by atoms with Gasteiger partial charge in [-0.25, -0.2) is 8.78 Å². The lowest BCUT2D eigenvalue weighted by Crippen LogP contribution is -2.25. The molecule has 0 radical (unpaired) electrons. The molecule has 2 nitrogen and oxygen atoms in total. The minimum absolute atomic E-state index is 0.0329. The third-order valence-electron chi connectivity index (χ3n) is 1.83. The maximum absolute atomic E-state index is 13.3. The molecule has 0 saturated heterocycles. The van der Waals surface area contributed by atoms with Gasteiger partial charge >= 0.3 is 0 Å². The Balaban J connectivity index is 3.00. The van der Waals surface area contributed by atoms with Crippen molar-refractivity contribution >= 4 is 33.5 Å². The second-order valence-corrected chi connectivity index (χ2v) is 7.24. The zero-order valence-electron chi connectivity index (χ0n) is 9.63. The molecular formula is C11H12BrF2NOS. The molecule has 0 aliphatic carbocycles. The van der Waals surface area contributed by atoms with Crippen LogP contribution in [0.4, 0.5) is 8.78 Å². The van der Waals surface area contributed by atoms with Crippen molar-refractivity contribution in [2.24, 2.45) is 4.40 Å². The Hall–Kier alpha value is -0.460. The van der Waals surface area contributed by atoms with Crippen LogP contribution in [0, 0.1) is 11.6 Å². The van der Waals surface area contributed by atoms with Crippen LogP contribution in [0.3, 0.4) is 0 Å². The first-order chi connectivity index (χ1) is 7.71. The summed E-state index contributed by atoms with van der Waals surface area (Å²) in [4.78, 5) is 0. The number of benzene rings is 1. The Labute approximate surface area is 111 Å². The van der Waals surface area contributed by atoms with Gasteiger partial charge in [0.25, 0.3) is 0 Å². The lowest BCUT2D eigenvalue weighted by molar-refractivity contribution is 0.507. The van der Waals surface area contributed by atoms with Gasteiger partial charge in [0.1, 0.15) is 16.1 Å². The quantitative estimate of drug-likeness (QED) is 0.465. The van der Waals surface area contributed by atoms with Gasteiger partial charge in [-0.2, -0.15) is 0 Å². The largest absolute Gasteiger partial charge is 0.591 e. The van der Waals surface area contributed by atoms with E-state index in [4.69, 9.17) is 0 Å². The van der Waals surface area contributed by atoms with Gasteiger partial charge in [-0.3, -0.25) is 0 Å². The van der Waals surface area contributed by atoms with Crippen LogP contribution in [0.2, 0.25) is 0 Å². The number of hydrogen-bond acceptors (Lipinski definition) is 2. The first kappa shape index (κ1) is 14.6. The second-order valence-electron chi connectivity index (χ2n) is 4.39. The van der Waals surface area contributed by atoms with Crippen LogP contribution in [0.25, 0.3) is 0 Å². The number of rotatable bonds is 2. The molecule has 0 N–H and O–H groups in total. The minimum atomic E-state index is -1.49. The molecule has 0 aromatic heterocycles. The summed E-state index contributed by atoms with van der Waals surface area (Å²) < 4.78 is 41.6. The van der Waals surface area contributed by atoms with Crippen LogP contribution in [0.15, 0.2) is 21.0 Å². The topological polar surface area (TPSA) is 35.4 Å². The highest BCUT2D eigenvalue weighted by Gasteiger charge is 2.26. The standard InChI is InChI=1S/C11H12BrF2NOS/c1-11(2,3)17(16)15-6-7-4-8(12)5-9(13)10(7)14/h4-6H,1-3H3/b15-6+. The smallest absolute Gasteiger partial charge is 0.167 e. The lowest BCUT2D eigenvalue weighted by atomic mass is 10.2. The van der Waals surface area contributed by atoms with Gasteiger partial charge in [-0.15, -0.1) is 0 Å². The first-order valence-electron chi connectivity index (χ1n) is 4.82. The molecule has 94 valence electrons. The third-order valence-corrected chi connectivity index (χ3v) is 3.63. The maximum atomic E-state index is 13.3. The number of halogens is 3. The monoisotopic (exact) mass is 323 g/mol. The molecule has 0 spiro atoms. The summed E-state index contributed by atoms with van der Waals surface area (Å²) >= 11 is 1.56. The van der Waals surface area contributed by atoms with Gasteiger partial charge in [0.05, 0.1) is 6.21 Å². The fourth-order valence-electron chi connectivity index (χ4n) is 0.933. The molecule has 0 aliphatic rings. The molecule has 17 heavy (non-hydrogen) atoms. The maximum Gasteiger partial charge on any atom is 0.167 e. The SMILES string of the molecule is CC(C)(C)[S+]([O-])/N=C/c1cc(Br)cc(F)c1F. The van der Waals surface area contributed by atoms with Crippen LogP contribution in [-0.2, 0) is 11.4 Å². The lowest BCUT2D eigenvalue weighted by Gasteiger charge is -2.17. The Bertz CT molecular complexity index is 446. The number of nitrogens with zero attached hydrogens (tertiary/aromatic N) is 1. The molecule has 1 atom stereocenters. The highest BCUT2D eigenvalue weighted by atomic mass is 79.9. The van der Waals surface area contributed by atoms with E-state index in [0.29, 0.717) is 4.47 Å². The Morgan fingerprint density at radius 2 is 1.94 bits per heavy atom. The summed E-state index contributed by atoms with van der Waals surface area (Å²) in [6.07, 6.45) is 1.09. The molecule has 0 heterocycles. The van der Waals surface area contributed by atoms with Crippen molar-refractivity contribution in [3.63, 3.8) is 0 Å². The van der Waals surface area contributed by atoms with Gasteiger partial charge in [0, 0.05) is 10.0 Å². The fraction of sp³-hybridized carbons (Fsp3) is 0.364. The molecule has 1 rings (SSSR count). The molecular weight excluding hydrogens is 312 g/mol. The van der Waals surface area contributed by atoms with Crippen molar-refractivity contribution in [1.82, 2.24) is 0 Å². The highest BCUT2D eigenvalue weighted by Crippen LogP contribution is 2.20. The summed E-state index contributed by atoms with van der Waals surface area (Å²) in [6.45, 7) is 5.24. The van der Waals surface area contributed by atoms with Gasteiger partial charge in [-0.05, 0) is 32.9 Å². The van der Waals surface area contributed by atoms with E-state index in [1.54, 1.807) is 20.8 Å². The Morgan fingerprint density at radius 1 is 1.35 bits per heavy atom. The fourth-order valence-corrected chi connectivity index (χ4v) is 1.91. The van der Waals surface area contributed by atoms with E-state index >= 15 is 0 Å². The van der Waals surface area contributed by atoms with Crippen molar-refractivity contribution in [3.8, 4) is 0 Å². The average Bonchev–Trinajstić information content (AvgIpc) is 2.19. The zero-order valence-corrected chi connectivity index (χ0v) is 12.0. The zero-order chi connectivity index (χ0) is 13.2. The van der Waals surface area contributed by atoms with Crippen LogP contribution < -0.4 is 0 Å². The molecule has 1 unspecified atom stereocenters. The van der Waals surface area contributed by atoms with Crippen molar-refractivity contribution in [3.05, 3.63) is 33.8 Å². The number of hydrogen-bond donors (Lipinski definition) is 0. The van der Waals surface area contributed by atoms with Crippen molar-refractivity contribution in [2.45, 2.75) is 25.5 Å². The molecule has 0 saturated carbocycles. The molecule has 1 aromatic carbocycles. The summed E-state index contributed by atoms with van der Waals surface area (Å²) in [7, 11) is 0.